The molecule has 9 heavy (non-hydrogen) atoms. The molecule has 0 saturated heterocycles. The van der Waals surface area contributed by atoms with Crippen molar-refractivity contribution in [1.29, 1.82) is 0 Å². The van der Waals surface area contributed by atoms with Gasteiger partial charge in [-0.05, 0) is 19.4 Å². The molecule has 1 atom stereocenters. The van der Waals surface area contributed by atoms with E-state index in [1.165, 1.54) is 0 Å². The lowest BCUT2D eigenvalue weighted by Crippen LogP contribution is -2.08. The van der Waals surface area contributed by atoms with Crippen LogP contribution in [0.25, 0.3) is 0 Å². The Labute approximate surface area is 56.1 Å². The smallest absolute Gasteiger partial charge is 0.174 e. The summed E-state index contributed by atoms with van der Waals surface area (Å²) in [7, 11) is 0. The van der Waals surface area contributed by atoms with Crippen LogP contribution in [0.5, 0.6) is 0 Å². The van der Waals surface area contributed by atoms with Crippen LogP contribution in [-0.4, -0.2) is 18.0 Å². The highest BCUT2D eigenvalue weighted by molar-refractivity contribution is 4.79. The van der Waals surface area contributed by atoms with Crippen LogP contribution in [0.4, 0.5) is 0 Å². The van der Waals surface area contributed by atoms with E-state index in [1.54, 1.807) is 12.2 Å². The quantitative estimate of drug-likeness (QED) is 0.459. The van der Waals surface area contributed by atoms with Crippen LogP contribution >= 0.6 is 0 Å². The van der Waals surface area contributed by atoms with Gasteiger partial charge in [-0.3, -0.25) is 0 Å². The van der Waals surface area contributed by atoms with Crippen molar-refractivity contribution < 1.29 is 9.84 Å². The third-order valence-electron chi connectivity index (χ3n) is 0.850. The normalized spacial score (nSPS) is 14.6. The maximum absolute atomic E-state index is 8.87. The molecule has 0 heterocycles. The molecule has 0 bridgehead atoms. The van der Waals surface area contributed by atoms with Crippen LogP contribution in [0.3, 0.4) is 0 Å². The molecular weight excluding hydrogens is 116 g/mol. The van der Waals surface area contributed by atoms with E-state index in [0.717, 1.165) is 6.42 Å². The Kier molecular flexibility index (Phi) is 5.57. The third kappa shape index (κ3) is 5.53. The highest BCUT2D eigenvalue weighted by atomic mass is 16.6. The number of hydrogen-bond acceptors (Lipinski definition) is 2. The Morgan fingerprint density at radius 1 is 1.67 bits per heavy atom. The van der Waals surface area contributed by atoms with Crippen molar-refractivity contribution in [3.63, 3.8) is 0 Å². The van der Waals surface area contributed by atoms with Gasteiger partial charge in [-0.1, -0.05) is 13.0 Å². The molecule has 0 aromatic rings. The molecule has 1 N–H and O–H groups in total. The molecule has 1 unspecified atom stereocenters. The lowest BCUT2D eigenvalue weighted by atomic mass is 10.5. The van der Waals surface area contributed by atoms with Crippen molar-refractivity contribution in [3.8, 4) is 0 Å². The Bertz CT molecular complexity index is 79.0. The van der Waals surface area contributed by atoms with Crippen molar-refractivity contribution in [1.82, 2.24) is 0 Å². The van der Waals surface area contributed by atoms with Crippen LogP contribution < -0.4 is 0 Å². The summed E-state index contributed by atoms with van der Waals surface area (Å²) in [5, 5.41) is 8.87. The molecule has 0 aliphatic rings. The first kappa shape index (κ1) is 8.66. The number of aliphatic hydroxyl groups is 1. The molecule has 2 nitrogen and oxygen atoms in total. The van der Waals surface area contributed by atoms with E-state index in [9.17, 15) is 0 Å². The van der Waals surface area contributed by atoms with Gasteiger partial charge < -0.3 is 9.84 Å². The molecule has 0 rings (SSSR count). The Morgan fingerprint density at radius 3 is 2.78 bits per heavy atom. The first-order valence-electron chi connectivity index (χ1n) is 3.23. The predicted octanol–water partition coefficient (Wildman–Crippen LogP) is 1.31. The van der Waals surface area contributed by atoms with Crippen LogP contribution in [-0.2, 0) is 4.74 Å². The predicted molar refractivity (Wildman–Crippen MR) is 37.1 cm³/mol. The molecular formula is C7H14O2. The molecule has 0 aliphatic carbocycles. The van der Waals surface area contributed by atoms with Crippen molar-refractivity contribution in [2.45, 2.75) is 26.6 Å². The fourth-order valence-electron chi connectivity index (χ4n) is 0.459. The first-order valence-corrected chi connectivity index (χ1v) is 3.23. The fraction of sp³-hybridized carbons (Fsp3) is 0.714. The summed E-state index contributed by atoms with van der Waals surface area (Å²) in [5.74, 6) is 0. The van der Waals surface area contributed by atoms with E-state index in [2.05, 4.69) is 0 Å². The molecule has 0 radical (unpaired) electrons. The molecule has 0 fully saturated rings. The van der Waals surface area contributed by atoms with Gasteiger partial charge in [0.2, 0.25) is 0 Å². The van der Waals surface area contributed by atoms with E-state index in [4.69, 9.17) is 9.84 Å². The van der Waals surface area contributed by atoms with Crippen molar-refractivity contribution in [2.24, 2.45) is 0 Å². The number of aliphatic hydroxyl groups excluding tert-OH is 1. The van der Waals surface area contributed by atoms with Crippen molar-refractivity contribution in [2.75, 3.05) is 6.61 Å². The fourth-order valence-corrected chi connectivity index (χ4v) is 0.459. The van der Waals surface area contributed by atoms with Gasteiger partial charge in [0.25, 0.3) is 0 Å². The van der Waals surface area contributed by atoms with Crippen LogP contribution in [0.15, 0.2) is 12.2 Å². The monoisotopic (exact) mass is 130 g/mol. The molecule has 0 aromatic heterocycles. The number of hydrogen-bond donors (Lipinski definition) is 1. The average molecular weight is 130 g/mol. The minimum Gasteiger partial charge on any atom is -0.365 e. The van der Waals surface area contributed by atoms with Crippen LogP contribution in [0, 0.1) is 0 Å². The zero-order valence-electron chi connectivity index (χ0n) is 6.00. The van der Waals surface area contributed by atoms with Gasteiger partial charge in [-0.2, -0.15) is 0 Å². The van der Waals surface area contributed by atoms with Gasteiger partial charge in [0.1, 0.15) is 0 Å². The van der Waals surface area contributed by atoms with Gasteiger partial charge in [0.15, 0.2) is 6.29 Å². The molecule has 0 amide bonds. The summed E-state index contributed by atoms with van der Waals surface area (Å²) < 4.78 is 4.90. The van der Waals surface area contributed by atoms with E-state index in [-0.39, 0.29) is 0 Å². The Morgan fingerprint density at radius 2 is 2.33 bits per heavy atom. The van der Waals surface area contributed by atoms with Crippen LogP contribution in [0.1, 0.15) is 20.3 Å². The second kappa shape index (κ2) is 5.79. The first-order chi connectivity index (χ1) is 4.31. The molecule has 0 saturated carbocycles. The number of rotatable bonds is 4. The highest BCUT2D eigenvalue weighted by Gasteiger charge is 1.93. The van der Waals surface area contributed by atoms with Gasteiger partial charge >= 0.3 is 0 Å². The average Bonchev–Trinajstić information content (AvgIpc) is 1.85. The summed E-state index contributed by atoms with van der Waals surface area (Å²) in [5.41, 5.74) is 0. The Balaban J connectivity index is 3.15. The molecule has 54 valence electrons. The standard InChI is InChI=1S/C7H14O2/c1-3-5-7(8)9-6-4-2/h3,5,7-8H,4,6H2,1-2H3. The zero-order valence-corrected chi connectivity index (χ0v) is 6.00. The minimum absolute atomic E-state index is 0.617. The van der Waals surface area contributed by atoms with Crippen LogP contribution in [0.2, 0.25) is 0 Å². The van der Waals surface area contributed by atoms with Gasteiger partial charge in [-0.25, -0.2) is 0 Å². The highest BCUT2D eigenvalue weighted by Crippen LogP contribution is 1.89. The van der Waals surface area contributed by atoms with E-state index in [0.29, 0.717) is 6.61 Å². The summed E-state index contributed by atoms with van der Waals surface area (Å²) in [6.07, 6.45) is 3.60. The largest absolute Gasteiger partial charge is 0.365 e. The number of ether oxygens (including phenoxy) is 1. The summed E-state index contributed by atoms with van der Waals surface area (Å²) in [6.45, 7) is 4.46. The molecule has 0 aliphatic heterocycles. The van der Waals surface area contributed by atoms with E-state index < -0.39 is 6.29 Å². The van der Waals surface area contributed by atoms with Crippen molar-refractivity contribution in [3.05, 3.63) is 12.2 Å². The van der Waals surface area contributed by atoms with Gasteiger partial charge in [-0.15, -0.1) is 0 Å². The summed E-state index contributed by atoms with van der Waals surface area (Å²) in [4.78, 5) is 0. The van der Waals surface area contributed by atoms with E-state index >= 15 is 0 Å². The summed E-state index contributed by atoms with van der Waals surface area (Å²) >= 11 is 0. The molecule has 0 spiro atoms. The second-order valence-corrected chi connectivity index (χ2v) is 1.79. The Hall–Kier alpha value is -0.340. The SMILES string of the molecule is CC=CC(O)OCCC. The van der Waals surface area contributed by atoms with E-state index in [1.807, 2.05) is 13.8 Å². The maximum Gasteiger partial charge on any atom is 0.174 e. The lowest BCUT2D eigenvalue weighted by Gasteiger charge is -2.04. The zero-order chi connectivity index (χ0) is 7.11. The lowest BCUT2D eigenvalue weighted by molar-refractivity contribution is -0.0637. The van der Waals surface area contributed by atoms with Crippen molar-refractivity contribution >= 4 is 0 Å². The minimum atomic E-state index is -0.713. The molecule has 0 aromatic carbocycles. The maximum atomic E-state index is 8.87. The summed E-state index contributed by atoms with van der Waals surface area (Å²) in [6, 6.07) is 0. The topological polar surface area (TPSA) is 29.5 Å². The molecule has 2 heteroatoms. The number of allylic oxidation sites excluding steroid dienone is 1. The van der Waals surface area contributed by atoms with Gasteiger partial charge in [0, 0.05) is 6.61 Å². The van der Waals surface area contributed by atoms with Gasteiger partial charge in [0.05, 0.1) is 0 Å². The second-order valence-electron chi connectivity index (χ2n) is 1.79. The third-order valence-corrected chi connectivity index (χ3v) is 0.850.